The van der Waals surface area contributed by atoms with E-state index in [1.165, 1.54) is 34.9 Å². The summed E-state index contributed by atoms with van der Waals surface area (Å²) in [5.41, 5.74) is 1.27. The molecule has 5 heteroatoms. The van der Waals surface area contributed by atoms with Gasteiger partial charge in [0, 0.05) is 18.4 Å². The average molecular weight is 385 g/mol. The molecule has 2 aliphatic heterocycles. The molecule has 3 fully saturated rings. The van der Waals surface area contributed by atoms with E-state index in [1.54, 1.807) is 0 Å². The first-order chi connectivity index (χ1) is 9.76. The predicted molar refractivity (Wildman–Crippen MR) is 86.1 cm³/mol. The van der Waals surface area contributed by atoms with Gasteiger partial charge in [0.1, 0.15) is 11.6 Å². The Morgan fingerprint density at radius 3 is 2.70 bits per heavy atom. The molecule has 3 unspecified atom stereocenters. The van der Waals surface area contributed by atoms with Crippen molar-refractivity contribution < 1.29 is 4.74 Å². The van der Waals surface area contributed by atoms with Gasteiger partial charge < -0.3 is 10.1 Å². The lowest BCUT2D eigenvalue weighted by molar-refractivity contribution is 0.0998. The van der Waals surface area contributed by atoms with E-state index in [9.17, 15) is 0 Å². The molecule has 108 valence electrons. The summed E-state index contributed by atoms with van der Waals surface area (Å²) < 4.78 is 7.21. The van der Waals surface area contributed by atoms with Gasteiger partial charge in [-0.3, -0.25) is 0 Å². The van der Waals surface area contributed by atoms with Crippen molar-refractivity contribution in [2.24, 2.45) is 0 Å². The first kappa shape index (κ1) is 13.2. The fourth-order valence-corrected chi connectivity index (χ4v) is 4.34. The minimum atomic E-state index is 0.363. The third-order valence-corrected chi connectivity index (χ3v) is 5.70. The Morgan fingerprint density at radius 1 is 1.25 bits per heavy atom. The molecule has 1 aliphatic carbocycles. The lowest BCUT2D eigenvalue weighted by Gasteiger charge is -2.20. The second-order valence-corrected chi connectivity index (χ2v) is 7.23. The Hall–Kier alpha value is -0.430. The van der Waals surface area contributed by atoms with Crippen LogP contribution in [0.1, 0.15) is 62.4 Å². The summed E-state index contributed by atoms with van der Waals surface area (Å²) in [6.07, 6.45) is 6.90. The van der Waals surface area contributed by atoms with Gasteiger partial charge in [-0.05, 0) is 61.6 Å². The Balaban J connectivity index is 1.71. The summed E-state index contributed by atoms with van der Waals surface area (Å²) in [6.45, 7) is 3.03. The second kappa shape index (κ2) is 5.09. The number of fused-ring (bicyclic) bond motifs is 2. The summed E-state index contributed by atoms with van der Waals surface area (Å²) >= 11 is 2.40. The fraction of sp³-hybridized carbons (Fsp3) is 0.733. The SMILES string of the molecule is CCNc1nc(C2CC3CCC2O3)nc(C2CC2)c1I. The number of hydrogen-bond acceptors (Lipinski definition) is 4. The average Bonchev–Trinajstić information content (AvgIpc) is 3.07. The van der Waals surface area contributed by atoms with Crippen molar-refractivity contribution >= 4 is 28.4 Å². The van der Waals surface area contributed by atoms with E-state index in [1.807, 2.05) is 0 Å². The molecule has 1 aromatic rings. The molecule has 0 spiro atoms. The van der Waals surface area contributed by atoms with Crippen LogP contribution in [0.4, 0.5) is 5.82 Å². The number of anilines is 1. The van der Waals surface area contributed by atoms with Crippen LogP contribution >= 0.6 is 22.6 Å². The lowest BCUT2D eigenvalue weighted by atomic mass is 9.88. The molecule has 0 amide bonds. The molecular weight excluding hydrogens is 365 g/mol. The molecule has 1 saturated carbocycles. The van der Waals surface area contributed by atoms with Crippen molar-refractivity contribution in [3.05, 3.63) is 15.1 Å². The van der Waals surface area contributed by atoms with Crippen molar-refractivity contribution in [2.45, 2.75) is 63.1 Å². The van der Waals surface area contributed by atoms with E-state index < -0.39 is 0 Å². The van der Waals surface area contributed by atoms with Crippen LogP contribution in [0.3, 0.4) is 0 Å². The zero-order valence-electron chi connectivity index (χ0n) is 11.7. The maximum Gasteiger partial charge on any atom is 0.143 e. The summed E-state index contributed by atoms with van der Waals surface area (Å²) in [5, 5.41) is 3.41. The van der Waals surface area contributed by atoms with Gasteiger partial charge in [0.2, 0.25) is 0 Å². The Kier molecular flexibility index (Phi) is 3.37. The van der Waals surface area contributed by atoms with Crippen molar-refractivity contribution in [3.8, 4) is 0 Å². The summed E-state index contributed by atoms with van der Waals surface area (Å²) in [4.78, 5) is 9.76. The number of ether oxygens (including phenoxy) is 1. The van der Waals surface area contributed by atoms with Crippen molar-refractivity contribution in [1.29, 1.82) is 0 Å². The number of rotatable bonds is 4. The van der Waals surface area contributed by atoms with Crippen LogP contribution in [0.2, 0.25) is 0 Å². The van der Waals surface area contributed by atoms with Gasteiger partial charge in [-0.2, -0.15) is 0 Å². The summed E-state index contributed by atoms with van der Waals surface area (Å²) in [7, 11) is 0. The fourth-order valence-electron chi connectivity index (χ4n) is 3.47. The van der Waals surface area contributed by atoms with Crippen LogP contribution in [0.25, 0.3) is 0 Å². The Labute approximate surface area is 133 Å². The molecule has 2 bridgehead atoms. The lowest BCUT2D eigenvalue weighted by Crippen LogP contribution is -2.19. The number of nitrogens with zero attached hydrogens (tertiary/aromatic N) is 2. The van der Waals surface area contributed by atoms with E-state index >= 15 is 0 Å². The number of aromatic nitrogens is 2. The van der Waals surface area contributed by atoms with Crippen molar-refractivity contribution in [3.63, 3.8) is 0 Å². The quantitative estimate of drug-likeness (QED) is 0.807. The molecule has 4 nitrogen and oxygen atoms in total. The number of halogens is 1. The van der Waals surface area contributed by atoms with Gasteiger partial charge >= 0.3 is 0 Å². The molecule has 2 saturated heterocycles. The van der Waals surface area contributed by atoms with Gasteiger partial charge in [-0.15, -0.1) is 0 Å². The highest BCUT2D eigenvalue weighted by molar-refractivity contribution is 14.1. The van der Waals surface area contributed by atoms with Crippen molar-refractivity contribution in [1.82, 2.24) is 9.97 Å². The Morgan fingerprint density at radius 2 is 2.10 bits per heavy atom. The normalized spacial score (nSPS) is 31.8. The van der Waals surface area contributed by atoms with Crippen LogP contribution in [0.5, 0.6) is 0 Å². The highest BCUT2D eigenvalue weighted by Gasteiger charge is 2.43. The maximum absolute atomic E-state index is 5.98. The third kappa shape index (κ3) is 2.22. The summed E-state index contributed by atoms with van der Waals surface area (Å²) in [6, 6.07) is 0. The first-order valence-electron chi connectivity index (χ1n) is 7.73. The highest BCUT2D eigenvalue weighted by Crippen LogP contribution is 2.46. The molecule has 0 aromatic carbocycles. The zero-order chi connectivity index (χ0) is 13.7. The number of nitrogens with one attached hydrogen (secondary N) is 1. The predicted octanol–water partition coefficient (Wildman–Crippen LogP) is 3.43. The van der Waals surface area contributed by atoms with Gasteiger partial charge in [0.25, 0.3) is 0 Å². The molecule has 3 atom stereocenters. The molecule has 0 radical (unpaired) electrons. The molecule has 1 aromatic heterocycles. The van der Waals surface area contributed by atoms with Gasteiger partial charge in [-0.1, -0.05) is 0 Å². The molecule has 3 aliphatic rings. The second-order valence-electron chi connectivity index (χ2n) is 6.15. The van der Waals surface area contributed by atoms with E-state index in [0.29, 0.717) is 24.0 Å². The van der Waals surface area contributed by atoms with E-state index in [4.69, 9.17) is 14.7 Å². The Bertz CT molecular complexity index is 532. The monoisotopic (exact) mass is 385 g/mol. The van der Waals surface area contributed by atoms with Gasteiger partial charge in [0.15, 0.2) is 0 Å². The smallest absolute Gasteiger partial charge is 0.143 e. The maximum atomic E-state index is 5.98. The van der Waals surface area contributed by atoms with Gasteiger partial charge in [0.05, 0.1) is 21.5 Å². The van der Waals surface area contributed by atoms with E-state index in [-0.39, 0.29) is 0 Å². The highest BCUT2D eigenvalue weighted by atomic mass is 127. The van der Waals surface area contributed by atoms with Crippen LogP contribution < -0.4 is 5.32 Å². The largest absolute Gasteiger partial charge is 0.374 e. The molecule has 1 N–H and O–H groups in total. The molecule has 3 heterocycles. The van der Waals surface area contributed by atoms with E-state index in [0.717, 1.165) is 24.6 Å². The third-order valence-electron chi connectivity index (χ3n) is 4.64. The molecule has 20 heavy (non-hydrogen) atoms. The minimum Gasteiger partial charge on any atom is -0.374 e. The van der Waals surface area contributed by atoms with Crippen LogP contribution in [0.15, 0.2) is 0 Å². The van der Waals surface area contributed by atoms with E-state index in [2.05, 4.69) is 34.8 Å². The topological polar surface area (TPSA) is 47.0 Å². The van der Waals surface area contributed by atoms with Crippen LogP contribution in [-0.2, 0) is 4.74 Å². The molecule has 4 rings (SSSR count). The first-order valence-corrected chi connectivity index (χ1v) is 8.80. The van der Waals surface area contributed by atoms with Crippen LogP contribution in [-0.4, -0.2) is 28.7 Å². The minimum absolute atomic E-state index is 0.363. The zero-order valence-corrected chi connectivity index (χ0v) is 13.9. The number of hydrogen-bond donors (Lipinski definition) is 1. The van der Waals surface area contributed by atoms with Crippen LogP contribution in [0, 0.1) is 3.57 Å². The van der Waals surface area contributed by atoms with Crippen molar-refractivity contribution in [2.75, 3.05) is 11.9 Å². The standard InChI is InChI=1S/C15H20IN3O/c1-2-17-15-12(16)13(8-3-4-8)18-14(19-15)10-7-9-5-6-11(10)20-9/h8-11H,2-7H2,1H3,(H,17,18,19). The summed E-state index contributed by atoms with van der Waals surface area (Å²) in [5.74, 6) is 3.14. The molecular formula is C15H20IN3O. The van der Waals surface area contributed by atoms with Gasteiger partial charge in [-0.25, -0.2) is 9.97 Å².